The standard InChI is InChI=1S/C8H5BrCl2O/c1-4(12)5-2-3-6(10)8(11)7(5)9/h2-3H,1H3. The van der Waals surface area contributed by atoms with Crippen LogP contribution in [-0.2, 0) is 0 Å². The number of carbonyl (C=O) groups excluding carboxylic acids is 1. The molecule has 0 spiro atoms. The molecule has 12 heavy (non-hydrogen) atoms. The molecule has 0 atom stereocenters. The van der Waals surface area contributed by atoms with E-state index in [-0.39, 0.29) is 5.78 Å². The van der Waals surface area contributed by atoms with E-state index in [2.05, 4.69) is 15.9 Å². The highest BCUT2D eigenvalue weighted by Crippen LogP contribution is 2.32. The minimum atomic E-state index is -0.0413. The molecule has 1 aromatic carbocycles. The summed E-state index contributed by atoms with van der Waals surface area (Å²) in [5.41, 5.74) is 0.546. The molecule has 64 valence electrons. The molecule has 0 unspecified atom stereocenters. The van der Waals surface area contributed by atoms with Crippen LogP contribution >= 0.6 is 39.1 Å². The quantitative estimate of drug-likeness (QED) is 0.556. The summed E-state index contributed by atoms with van der Waals surface area (Å²) < 4.78 is 0.559. The molecule has 0 bridgehead atoms. The minimum Gasteiger partial charge on any atom is -0.294 e. The van der Waals surface area contributed by atoms with Gasteiger partial charge in [0.15, 0.2) is 5.78 Å². The van der Waals surface area contributed by atoms with Crippen LogP contribution in [0.4, 0.5) is 0 Å². The summed E-state index contributed by atoms with van der Waals surface area (Å²) in [4.78, 5) is 11.0. The van der Waals surface area contributed by atoms with Gasteiger partial charge in [0.05, 0.1) is 10.0 Å². The smallest absolute Gasteiger partial charge is 0.160 e. The Hall–Kier alpha value is -0.0500. The molecule has 0 aliphatic heterocycles. The molecule has 0 heterocycles. The van der Waals surface area contributed by atoms with Gasteiger partial charge < -0.3 is 0 Å². The fourth-order valence-electron chi connectivity index (χ4n) is 0.798. The Morgan fingerprint density at radius 3 is 2.50 bits per heavy atom. The zero-order valence-corrected chi connectivity index (χ0v) is 9.29. The number of hydrogen-bond acceptors (Lipinski definition) is 1. The van der Waals surface area contributed by atoms with E-state index in [0.29, 0.717) is 20.1 Å². The summed E-state index contributed by atoms with van der Waals surface area (Å²) in [5.74, 6) is -0.0413. The summed E-state index contributed by atoms with van der Waals surface area (Å²) in [6.07, 6.45) is 0. The Bertz CT molecular complexity index is 336. The van der Waals surface area contributed by atoms with Gasteiger partial charge in [-0.05, 0) is 35.0 Å². The van der Waals surface area contributed by atoms with Crippen LogP contribution in [0, 0.1) is 0 Å². The highest BCUT2D eigenvalue weighted by molar-refractivity contribution is 9.10. The second-order valence-corrected chi connectivity index (χ2v) is 3.86. The Labute approximate surface area is 88.8 Å². The van der Waals surface area contributed by atoms with Gasteiger partial charge in [0.2, 0.25) is 0 Å². The van der Waals surface area contributed by atoms with Crippen LogP contribution in [0.2, 0.25) is 10.0 Å². The topological polar surface area (TPSA) is 17.1 Å². The second-order valence-electron chi connectivity index (χ2n) is 2.28. The average Bonchev–Trinajstić information content (AvgIpc) is 2.00. The van der Waals surface area contributed by atoms with E-state index < -0.39 is 0 Å². The van der Waals surface area contributed by atoms with Crippen molar-refractivity contribution in [1.29, 1.82) is 0 Å². The zero-order valence-electron chi connectivity index (χ0n) is 6.20. The summed E-state index contributed by atoms with van der Waals surface area (Å²) in [5, 5.41) is 0.818. The first-order chi connectivity index (χ1) is 5.54. The number of hydrogen-bond donors (Lipinski definition) is 0. The van der Waals surface area contributed by atoms with Gasteiger partial charge in [0.1, 0.15) is 0 Å². The monoisotopic (exact) mass is 266 g/mol. The molecule has 0 saturated heterocycles. The molecule has 0 amide bonds. The molecule has 1 aromatic rings. The lowest BCUT2D eigenvalue weighted by molar-refractivity contribution is 0.101. The largest absolute Gasteiger partial charge is 0.294 e. The molecule has 0 saturated carbocycles. The molecule has 4 heteroatoms. The van der Waals surface area contributed by atoms with Gasteiger partial charge >= 0.3 is 0 Å². The van der Waals surface area contributed by atoms with Gasteiger partial charge in [0.25, 0.3) is 0 Å². The van der Waals surface area contributed by atoms with Gasteiger partial charge in [-0.1, -0.05) is 23.2 Å². The first-order valence-corrected chi connectivity index (χ1v) is 4.73. The Balaban J connectivity index is 3.36. The summed E-state index contributed by atoms with van der Waals surface area (Å²) in [6.45, 7) is 1.48. The number of carbonyl (C=O) groups is 1. The van der Waals surface area contributed by atoms with Crippen molar-refractivity contribution in [3.05, 3.63) is 32.2 Å². The SMILES string of the molecule is CC(=O)c1ccc(Cl)c(Cl)c1Br. The van der Waals surface area contributed by atoms with E-state index in [4.69, 9.17) is 23.2 Å². The van der Waals surface area contributed by atoms with Crippen molar-refractivity contribution < 1.29 is 4.79 Å². The lowest BCUT2D eigenvalue weighted by atomic mass is 10.1. The predicted molar refractivity (Wildman–Crippen MR) is 54.2 cm³/mol. The third-order valence-corrected chi connectivity index (χ3v) is 3.27. The van der Waals surface area contributed by atoms with Crippen LogP contribution in [0.3, 0.4) is 0 Å². The highest BCUT2D eigenvalue weighted by Gasteiger charge is 2.10. The molecule has 0 aliphatic rings. The molecule has 1 nitrogen and oxygen atoms in total. The van der Waals surface area contributed by atoms with Gasteiger partial charge in [-0.15, -0.1) is 0 Å². The van der Waals surface area contributed by atoms with Crippen molar-refractivity contribution in [2.45, 2.75) is 6.92 Å². The molecule has 0 fully saturated rings. The normalized spacial score (nSPS) is 10.0. The molecular formula is C8H5BrCl2O. The fraction of sp³-hybridized carbons (Fsp3) is 0.125. The van der Waals surface area contributed by atoms with Crippen LogP contribution in [-0.4, -0.2) is 5.78 Å². The van der Waals surface area contributed by atoms with Gasteiger partial charge in [0, 0.05) is 10.0 Å². The number of benzene rings is 1. The van der Waals surface area contributed by atoms with E-state index in [0.717, 1.165) is 0 Å². The van der Waals surface area contributed by atoms with E-state index in [1.54, 1.807) is 12.1 Å². The first kappa shape index (κ1) is 10.0. The maximum absolute atomic E-state index is 11.0. The lowest BCUT2D eigenvalue weighted by Gasteiger charge is -2.03. The Morgan fingerprint density at radius 2 is 2.00 bits per heavy atom. The Morgan fingerprint density at radius 1 is 1.42 bits per heavy atom. The van der Waals surface area contributed by atoms with Crippen LogP contribution in [0.5, 0.6) is 0 Å². The van der Waals surface area contributed by atoms with Gasteiger partial charge in [-0.3, -0.25) is 4.79 Å². The van der Waals surface area contributed by atoms with E-state index in [1.807, 2.05) is 0 Å². The average molecular weight is 268 g/mol. The summed E-state index contributed by atoms with van der Waals surface area (Å²) >= 11 is 14.7. The van der Waals surface area contributed by atoms with Gasteiger partial charge in [-0.25, -0.2) is 0 Å². The second kappa shape index (κ2) is 3.77. The highest BCUT2D eigenvalue weighted by atomic mass is 79.9. The minimum absolute atomic E-state index is 0.0413. The maximum Gasteiger partial charge on any atom is 0.160 e. The van der Waals surface area contributed by atoms with Crippen molar-refractivity contribution in [3.63, 3.8) is 0 Å². The Kier molecular flexibility index (Phi) is 3.16. The molecule has 0 radical (unpaired) electrons. The molecule has 0 N–H and O–H groups in total. The van der Waals surface area contributed by atoms with Crippen molar-refractivity contribution >= 4 is 44.9 Å². The van der Waals surface area contributed by atoms with E-state index >= 15 is 0 Å². The first-order valence-electron chi connectivity index (χ1n) is 3.18. The lowest BCUT2D eigenvalue weighted by Crippen LogP contribution is -1.93. The summed E-state index contributed by atoms with van der Waals surface area (Å²) in [6, 6.07) is 3.24. The van der Waals surface area contributed by atoms with Crippen molar-refractivity contribution in [1.82, 2.24) is 0 Å². The van der Waals surface area contributed by atoms with Crippen molar-refractivity contribution in [3.8, 4) is 0 Å². The number of halogens is 3. The van der Waals surface area contributed by atoms with Crippen LogP contribution < -0.4 is 0 Å². The van der Waals surface area contributed by atoms with E-state index in [1.165, 1.54) is 6.92 Å². The number of ketones is 1. The van der Waals surface area contributed by atoms with Crippen LogP contribution in [0.25, 0.3) is 0 Å². The maximum atomic E-state index is 11.0. The van der Waals surface area contributed by atoms with Crippen molar-refractivity contribution in [2.24, 2.45) is 0 Å². The van der Waals surface area contributed by atoms with Crippen LogP contribution in [0.1, 0.15) is 17.3 Å². The molecular weight excluding hydrogens is 263 g/mol. The predicted octanol–water partition coefficient (Wildman–Crippen LogP) is 3.96. The van der Waals surface area contributed by atoms with E-state index in [9.17, 15) is 4.79 Å². The number of rotatable bonds is 1. The fourth-order valence-corrected chi connectivity index (χ4v) is 1.86. The molecule has 1 rings (SSSR count). The number of Topliss-reactive ketones (excluding diaryl/α,β-unsaturated/α-hetero) is 1. The third-order valence-electron chi connectivity index (χ3n) is 1.41. The zero-order chi connectivity index (χ0) is 9.30. The summed E-state index contributed by atoms with van der Waals surface area (Å²) in [7, 11) is 0. The third kappa shape index (κ3) is 1.82. The molecule has 0 aliphatic carbocycles. The van der Waals surface area contributed by atoms with Crippen LogP contribution in [0.15, 0.2) is 16.6 Å². The van der Waals surface area contributed by atoms with Crippen molar-refractivity contribution in [2.75, 3.05) is 0 Å². The molecule has 0 aromatic heterocycles. The van der Waals surface area contributed by atoms with Gasteiger partial charge in [-0.2, -0.15) is 0 Å².